The molecular weight excluding hydrogens is 257 g/mol. The van der Waals surface area contributed by atoms with E-state index in [1.165, 1.54) is 18.9 Å². The fourth-order valence-electron chi connectivity index (χ4n) is 2.37. The van der Waals surface area contributed by atoms with E-state index in [9.17, 15) is 4.39 Å². The largest absolute Gasteiger partial charge is 0.373 e. The maximum absolute atomic E-state index is 13.9. The predicted octanol–water partition coefficient (Wildman–Crippen LogP) is 3.73. The number of ether oxygens (including phenoxy) is 2. The highest BCUT2D eigenvalue weighted by atomic mass is 19.1. The van der Waals surface area contributed by atoms with Crippen LogP contribution in [0.15, 0.2) is 18.2 Å². The highest BCUT2D eigenvalue weighted by Crippen LogP contribution is 2.27. The van der Waals surface area contributed by atoms with Crippen LogP contribution in [-0.2, 0) is 9.47 Å². The SMILES string of the molecule is CCCCCC1COC(c2ccc(C#N)cc2F)CO1. The summed E-state index contributed by atoms with van der Waals surface area (Å²) in [6, 6.07) is 6.38. The molecule has 0 amide bonds. The van der Waals surface area contributed by atoms with Crippen molar-refractivity contribution in [3.63, 3.8) is 0 Å². The molecule has 2 rings (SSSR count). The van der Waals surface area contributed by atoms with Crippen molar-refractivity contribution in [3.8, 4) is 6.07 Å². The van der Waals surface area contributed by atoms with Crippen LogP contribution >= 0.6 is 0 Å². The summed E-state index contributed by atoms with van der Waals surface area (Å²) in [7, 11) is 0. The number of rotatable bonds is 5. The maximum atomic E-state index is 13.9. The first kappa shape index (κ1) is 15.0. The van der Waals surface area contributed by atoms with Gasteiger partial charge in [-0.15, -0.1) is 0 Å². The van der Waals surface area contributed by atoms with Crippen LogP contribution in [0.3, 0.4) is 0 Å². The lowest BCUT2D eigenvalue weighted by atomic mass is 10.1. The minimum atomic E-state index is -0.401. The smallest absolute Gasteiger partial charge is 0.130 e. The zero-order chi connectivity index (χ0) is 14.4. The van der Waals surface area contributed by atoms with Crippen molar-refractivity contribution in [1.82, 2.24) is 0 Å². The molecule has 1 aliphatic heterocycles. The van der Waals surface area contributed by atoms with Gasteiger partial charge < -0.3 is 9.47 Å². The van der Waals surface area contributed by atoms with Crippen molar-refractivity contribution in [2.24, 2.45) is 0 Å². The predicted molar refractivity (Wildman–Crippen MR) is 73.7 cm³/mol. The van der Waals surface area contributed by atoms with Crippen molar-refractivity contribution in [1.29, 1.82) is 5.26 Å². The molecule has 2 atom stereocenters. The molecule has 1 aromatic rings. The molecule has 0 saturated carbocycles. The Bertz CT molecular complexity index is 476. The van der Waals surface area contributed by atoms with Gasteiger partial charge in [-0.2, -0.15) is 5.26 Å². The number of nitriles is 1. The number of hydrogen-bond donors (Lipinski definition) is 0. The second kappa shape index (κ2) is 7.37. The van der Waals surface area contributed by atoms with Crippen LogP contribution in [-0.4, -0.2) is 19.3 Å². The van der Waals surface area contributed by atoms with Gasteiger partial charge in [0, 0.05) is 5.56 Å². The Labute approximate surface area is 119 Å². The van der Waals surface area contributed by atoms with Gasteiger partial charge in [-0.3, -0.25) is 0 Å². The van der Waals surface area contributed by atoms with Crippen molar-refractivity contribution < 1.29 is 13.9 Å². The van der Waals surface area contributed by atoms with E-state index in [2.05, 4.69) is 6.92 Å². The quantitative estimate of drug-likeness (QED) is 0.770. The summed E-state index contributed by atoms with van der Waals surface area (Å²) in [6.45, 7) is 3.05. The van der Waals surface area contributed by atoms with Crippen LogP contribution in [0.2, 0.25) is 0 Å². The van der Waals surface area contributed by atoms with Gasteiger partial charge in [-0.05, 0) is 18.6 Å². The third-order valence-corrected chi connectivity index (χ3v) is 3.57. The third kappa shape index (κ3) is 3.78. The van der Waals surface area contributed by atoms with Crippen LogP contribution in [0.25, 0.3) is 0 Å². The van der Waals surface area contributed by atoms with Crippen LogP contribution in [0, 0.1) is 17.1 Å². The topological polar surface area (TPSA) is 42.2 Å². The van der Waals surface area contributed by atoms with E-state index in [0.29, 0.717) is 24.3 Å². The Morgan fingerprint density at radius 2 is 2.15 bits per heavy atom. The number of benzene rings is 1. The molecule has 0 bridgehead atoms. The van der Waals surface area contributed by atoms with E-state index in [1.54, 1.807) is 12.1 Å². The molecule has 1 aromatic carbocycles. The van der Waals surface area contributed by atoms with E-state index in [4.69, 9.17) is 14.7 Å². The third-order valence-electron chi connectivity index (χ3n) is 3.57. The normalized spacial score (nSPS) is 22.4. The van der Waals surface area contributed by atoms with Crippen LogP contribution < -0.4 is 0 Å². The first-order valence-electron chi connectivity index (χ1n) is 7.17. The molecule has 20 heavy (non-hydrogen) atoms. The van der Waals surface area contributed by atoms with E-state index >= 15 is 0 Å². The lowest BCUT2D eigenvalue weighted by Gasteiger charge is -2.30. The van der Waals surface area contributed by atoms with Gasteiger partial charge in [0.05, 0.1) is 31.0 Å². The molecule has 0 radical (unpaired) electrons. The first-order valence-corrected chi connectivity index (χ1v) is 7.17. The van der Waals surface area contributed by atoms with E-state index < -0.39 is 5.82 Å². The molecule has 1 fully saturated rings. The molecule has 0 spiro atoms. The van der Waals surface area contributed by atoms with Crippen molar-refractivity contribution in [2.45, 2.75) is 44.8 Å². The number of hydrogen-bond acceptors (Lipinski definition) is 3. The molecule has 0 N–H and O–H groups in total. The molecule has 4 heteroatoms. The summed E-state index contributed by atoms with van der Waals surface area (Å²) in [4.78, 5) is 0. The Hall–Kier alpha value is -1.44. The van der Waals surface area contributed by atoms with Crippen LogP contribution in [0.1, 0.15) is 49.8 Å². The molecule has 108 valence electrons. The molecule has 1 heterocycles. The Morgan fingerprint density at radius 1 is 1.30 bits per heavy atom. The van der Waals surface area contributed by atoms with Crippen LogP contribution in [0.4, 0.5) is 4.39 Å². The zero-order valence-electron chi connectivity index (χ0n) is 11.8. The highest BCUT2D eigenvalue weighted by Gasteiger charge is 2.25. The van der Waals surface area contributed by atoms with Gasteiger partial charge in [-0.1, -0.05) is 32.3 Å². The van der Waals surface area contributed by atoms with Gasteiger partial charge in [0.2, 0.25) is 0 Å². The molecule has 1 aliphatic rings. The van der Waals surface area contributed by atoms with Crippen molar-refractivity contribution in [3.05, 3.63) is 35.1 Å². The fraction of sp³-hybridized carbons (Fsp3) is 0.562. The Kier molecular flexibility index (Phi) is 5.51. The van der Waals surface area contributed by atoms with Gasteiger partial charge in [0.1, 0.15) is 11.9 Å². The maximum Gasteiger partial charge on any atom is 0.130 e. The zero-order valence-corrected chi connectivity index (χ0v) is 11.8. The first-order chi connectivity index (χ1) is 9.74. The molecule has 3 nitrogen and oxygen atoms in total. The monoisotopic (exact) mass is 277 g/mol. The number of unbranched alkanes of at least 4 members (excludes halogenated alkanes) is 2. The van der Waals surface area contributed by atoms with Gasteiger partial charge in [0.15, 0.2) is 0 Å². The number of halogens is 1. The summed E-state index contributed by atoms with van der Waals surface area (Å²) in [5.41, 5.74) is 0.788. The molecule has 0 aliphatic carbocycles. The van der Waals surface area contributed by atoms with Gasteiger partial charge in [-0.25, -0.2) is 4.39 Å². The number of nitrogens with zero attached hydrogens (tertiary/aromatic N) is 1. The second-order valence-electron chi connectivity index (χ2n) is 5.12. The Balaban J connectivity index is 1.89. The minimum absolute atomic E-state index is 0.124. The molecule has 0 aromatic heterocycles. The van der Waals surface area contributed by atoms with Crippen molar-refractivity contribution >= 4 is 0 Å². The van der Waals surface area contributed by atoms with E-state index in [-0.39, 0.29) is 12.2 Å². The summed E-state index contributed by atoms with van der Waals surface area (Å²) >= 11 is 0. The van der Waals surface area contributed by atoms with Crippen molar-refractivity contribution in [2.75, 3.05) is 13.2 Å². The second-order valence-corrected chi connectivity index (χ2v) is 5.12. The summed E-state index contributed by atoms with van der Waals surface area (Å²) in [5.74, 6) is -0.401. The Morgan fingerprint density at radius 3 is 2.75 bits per heavy atom. The van der Waals surface area contributed by atoms with Crippen LogP contribution in [0.5, 0.6) is 0 Å². The van der Waals surface area contributed by atoms with Gasteiger partial charge in [0.25, 0.3) is 0 Å². The fourth-order valence-corrected chi connectivity index (χ4v) is 2.37. The summed E-state index contributed by atoms with van der Waals surface area (Å²) in [6.07, 6.45) is 4.28. The lowest BCUT2D eigenvalue weighted by molar-refractivity contribution is -0.138. The average molecular weight is 277 g/mol. The lowest BCUT2D eigenvalue weighted by Crippen LogP contribution is -2.31. The van der Waals surface area contributed by atoms with Gasteiger partial charge >= 0.3 is 0 Å². The molecule has 2 unspecified atom stereocenters. The minimum Gasteiger partial charge on any atom is -0.373 e. The molecular formula is C16H20FNO2. The standard InChI is InChI=1S/C16H20FNO2/c1-2-3-4-5-13-10-20-16(11-19-13)14-7-6-12(9-18)8-15(14)17/h6-8,13,16H,2-5,10-11H2,1H3. The molecule has 1 saturated heterocycles. The summed E-state index contributed by atoms with van der Waals surface area (Å²) in [5, 5.41) is 8.73. The van der Waals surface area contributed by atoms with E-state index in [1.807, 2.05) is 6.07 Å². The highest BCUT2D eigenvalue weighted by molar-refractivity contribution is 5.33. The van der Waals surface area contributed by atoms with E-state index in [0.717, 1.165) is 12.8 Å². The summed E-state index contributed by atoms with van der Waals surface area (Å²) < 4.78 is 25.3. The average Bonchev–Trinajstić information content (AvgIpc) is 2.48.